The SMILES string of the molecule is [N-]=[N+]=NC1=C(C#CCOc2ccccc2)C(=O)C(N=[N+]=[N-])=C(C#CCOc2ccccc2)C1=O. The number of ketones is 2. The van der Waals surface area contributed by atoms with Gasteiger partial charge in [-0.05, 0) is 35.3 Å². The Kier molecular flexibility index (Phi) is 8.11. The van der Waals surface area contributed by atoms with E-state index >= 15 is 0 Å². The molecule has 1 aliphatic carbocycles. The highest BCUT2D eigenvalue weighted by Crippen LogP contribution is 2.26. The average Bonchev–Trinajstić information content (AvgIpc) is 2.87. The number of para-hydroxylation sites is 2. The highest BCUT2D eigenvalue weighted by Gasteiger charge is 2.32. The molecule has 0 fully saturated rings. The Balaban J connectivity index is 1.87. The van der Waals surface area contributed by atoms with Gasteiger partial charge in [-0.15, -0.1) is 0 Å². The highest BCUT2D eigenvalue weighted by molar-refractivity contribution is 6.28. The molecule has 10 heteroatoms. The fraction of sp³-hybridized carbons (Fsp3) is 0.0833. The summed E-state index contributed by atoms with van der Waals surface area (Å²) < 4.78 is 10.9. The van der Waals surface area contributed by atoms with E-state index in [9.17, 15) is 9.59 Å². The predicted molar refractivity (Wildman–Crippen MR) is 122 cm³/mol. The van der Waals surface area contributed by atoms with Crippen molar-refractivity contribution in [3.05, 3.63) is 104 Å². The van der Waals surface area contributed by atoms with E-state index < -0.39 is 34.1 Å². The fourth-order valence-corrected chi connectivity index (χ4v) is 2.71. The van der Waals surface area contributed by atoms with Crippen LogP contribution in [0.5, 0.6) is 11.5 Å². The molecule has 2 aromatic carbocycles. The van der Waals surface area contributed by atoms with E-state index in [1.165, 1.54) is 0 Å². The second kappa shape index (κ2) is 11.8. The molecule has 0 amide bonds. The number of ether oxygens (including phenoxy) is 2. The number of benzene rings is 2. The topological polar surface area (TPSA) is 150 Å². The van der Waals surface area contributed by atoms with Crippen LogP contribution < -0.4 is 9.47 Å². The summed E-state index contributed by atoms with van der Waals surface area (Å²) in [6.07, 6.45) is 0. The first-order valence-electron chi connectivity index (χ1n) is 9.67. The maximum Gasteiger partial charge on any atom is 0.205 e. The summed E-state index contributed by atoms with van der Waals surface area (Å²) in [5, 5.41) is 6.67. The molecule has 1 aliphatic rings. The van der Waals surface area contributed by atoms with E-state index in [2.05, 4.69) is 43.7 Å². The lowest BCUT2D eigenvalue weighted by atomic mass is 9.91. The molecule has 0 aromatic heterocycles. The van der Waals surface area contributed by atoms with E-state index in [4.69, 9.17) is 20.5 Å². The summed E-state index contributed by atoms with van der Waals surface area (Å²) in [5.74, 6) is 9.48. The zero-order chi connectivity index (χ0) is 24.2. The number of allylic oxidation sites excluding steroid dienone is 2. The zero-order valence-corrected chi connectivity index (χ0v) is 17.5. The maximum absolute atomic E-state index is 12.9. The molecular weight excluding hydrogens is 436 g/mol. The van der Waals surface area contributed by atoms with Crippen LogP contribution in [0.2, 0.25) is 0 Å². The summed E-state index contributed by atoms with van der Waals surface area (Å²) >= 11 is 0. The Morgan fingerprint density at radius 2 is 1.06 bits per heavy atom. The van der Waals surface area contributed by atoms with Crippen molar-refractivity contribution in [1.29, 1.82) is 0 Å². The quantitative estimate of drug-likeness (QED) is 0.210. The normalized spacial score (nSPS) is 12.4. The summed E-state index contributed by atoms with van der Waals surface area (Å²) in [6.45, 7) is -0.217. The summed E-state index contributed by atoms with van der Waals surface area (Å²) in [4.78, 5) is 31.0. The molecule has 3 rings (SSSR count). The second-order valence-electron chi connectivity index (χ2n) is 6.29. The van der Waals surface area contributed by atoms with Gasteiger partial charge in [-0.1, -0.05) is 70.3 Å². The predicted octanol–water partition coefficient (Wildman–Crippen LogP) is 4.43. The van der Waals surface area contributed by atoms with Crippen molar-refractivity contribution in [3.63, 3.8) is 0 Å². The lowest BCUT2D eigenvalue weighted by molar-refractivity contribution is -0.116. The van der Waals surface area contributed by atoms with Gasteiger partial charge in [0, 0.05) is 9.82 Å². The largest absolute Gasteiger partial charge is 0.481 e. The molecule has 0 atom stereocenters. The molecule has 0 saturated carbocycles. The van der Waals surface area contributed by atoms with E-state index in [1.807, 2.05) is 12.1 Å². The van der Waals surface area contributed by atoms with Crippen LogP contribution >= 0.6 is 0 Å². The van der Waals surface area contributed by atoms with Crippen molar-refractivity contribution in [2.45, 2.75) is 0 Å². The Hall–Kier alpha value is -5.40. The van der Waals surface area contributed by atoms with Crippen molar-refractivity contribution >= 4 is 11.6 Å². The van der Waals surface area contributed by atoms with Gasteiger partial charge >= 0.3 is 0 Å². The lowest BCUT2D eigenvalue weighted by Crippen LogP contribution is -2.21. The molecule has 0 aliphatic heterocycles. The number of hydrogen-bond acceptors (Lipinski definition) is 6. The number of Topliss-reactive ketones (excluding diaryl/α,β-unsaturated/α-hetero) is 2. The van der Waals surface area contributed by atoms with Crippen molar-refractivity contribution in [1.82, 2.24) is 0 Å². The van der Waals surface area contributed by atoms with Gasteiger partial charge in [0.25, 0.3) is 0 Å². The van der Waals surface area contributed by atoms with Gasteiger partial charge in [0.05, 0.1) is 11.1 Å². The number of nitrogens with zero attached hydrogens (tertiary/aromatic N) is 6. The van der Waals surface area contributed by atoms with Gasteiger partial charge in [0.15, 0.2) is 0 Å². The molecule has 0 saturated heterocycles. The van der Waals surface area contributed by atoms with Crippen LogP contribution in [0.1, 0.15) is 0 Å². The van der Waals surface area contributed by atoms with Gasteiger partial charge in [-0.2, -0.15) is 0 Å². The average molecular weight is 450 g/mol. The van der Waals surface area contributed by atoms with Crippen LogP contribution in [0.4, 0.5) is 0 Å². The van der Waals surface area contributed by atoms with Crippen LogP contribution in [0.3, 0.4) is 0 Å². The van der Waals surface area contributed by atoms with E-state index in [0.29, 0.717) is 11.5 Å². The maximum atomic E-state index is 12.9. The van der Waals surface area contributed by atoms with Crippen molar-refractivity contribution in [2.75, 3.05) is 13.2 Å². The molecule has 0 unspecified atom stereocenters. The first-order valence-corrected chi connectivity index (χ1v) is 9.67. The molecule has 164 valence electrons. The molecule has 0 radical (unpaired) electrons. The minimum absolute atomic E-state index is 0.109. The number of carbonyl (C=O) groups is 2. The van der Waals surface area contributed by atoms with Gasteiger partial charge in [0.2, 0.25) is 11.6 Å². The molecular formula is C24H14N6O4. The standard InChI is InChI=1S/C24H14N6O4/c25-29-27-21-19(13-7-15-33-17-9-3-1-4-10-17)23(31)22(28-30-26)20(24(21)32)14-8-16-34-18-11-5-2-6-12-18/h1-6,9-12H,15-16H2. The number of azide groups is 2. The van der Waals surface area contributed by atoms with Crippen molar-refractivity contribution in [2.24, 2.45) is 10.2 Å². The first-order chi connectivity index (χ1) is 16.7. The van der Waals surface area contributed by atoms with E-state index in [-0.39, 0.29) is 13.2 Å². The van der Waals surface area contributed by atoms with Gasteiger partial charge in [-0.25, -0.2) is 0 Å². The molecule has 0 bridgehead atoms. The van der Waals surface area contributed by atoms with Crippen LogP contribution in [0, 0.1) is 23.7 Å². The van der Waals surface area contributed by atoms with Crippen LogP contribution in [0.15, 0.2) is 93.4 Å². The van der Waals surface area contributed by atoms with Gasteiger partial charge < -0.3 is 9.47 Å². The Labute approximate surface area is 193 Å². The first kappa shape index (κ1) is 23.3. The third kappa shape index (κ3) is 5.85. The number of hydrogen-bond donors (Lipinski definition) is 0. The van der Waals surface area contributed by atoms with Crippen LogP contribution in [-0.2, 0) is 9.59 Å². The van der Waals surface area contributed by atoms with Crippen LogP contribution in [-0.4, -0.2) is 24.8 Å². The van der Waals surface area contributed by atoms with Gasteiger partial charge in [0.1, 0.15) is 36.1 Å². The highest BCUT2D eigenvalue weighted by atomic mass is 16.5. The minimum atomic E-state index is -0.889. The van der Waals surface area contributed by atoms with Gasteiger partial charge in [-0.3, -0.25) is 9.59 Å². The number of rotatable bonds is 6. The summed E-state index contributed by atoms with van der Waals surface area (Å²) in [6, 6.07) is 17.6. The van der Waals surface area contributed by atoms with E-state index in [0.717, 1.165) is 0 Å². The molecule has 0 spiro atoms. The summed E-state index contributed by atoms with van der Waals surface area (Å²) in [7, 11) is 0. The smallest absolute Gasteiger partial charge is 0.205 e. The minimum Gasteiger partial charge on any atom is -0.481 e. The third-order valence-corrected chi connectivity index (χ3v) is 4.18. The molecule has 34 heavy (non-hydrogen) atoms. The monoisotopic (exact) mass is 450 g/mol. The van der Waals surface area contributed by atoms with Crippen molar-refractivity contribution in [3.8, 4) is 35.2 Å². The third-order valence-electron chi connectivity index (χ3n) is 4.18. The Morgan fingerprint density at radius 3 is 1.41 bits per heavy atom. The zero-order valence-electron chi connectivity index (χ0n) is 17.5. The van der Waals surface area contributed by atoms with Crippen LogP contribution in [0.25, 0.3) is 20.9 Å². The molecule has 0 heterocycles. The molecule has 10 nitrogen and oxygen atoms in total. The molecule has 0 N–H and O–H groups in total. The Bertz CT molecular complexity index is 1280. The van der Waals surface area contributed by atoms with Crippen molar-refractivity contribution < 1.29 is 19.1 Å². The number of carbonyl (C=O) groups excluding carboxylic acids is 2. The Morgan fingerprint density at radius 1 is 0.676 bits per heavy atom. The lowest BCUT2D eigenvalue weighted by Gasteiger charge is -2.13. The molecule has 2 aromatic rings. The summed E-state index contributed by atoms with van der Waals surface area (Å²) in [5.41, 5.74) is 15.9. The fourth-order valence-electron chi connectivity index (χ4n) is 2.71. The van der Waals surface area contributed by atoms with E-state index in [1.54, 1.807) is 48.5 Å². The second-order valence-corrected chi connectivity index (χ2v) is 6.29.